The molecule has 0 amide bonds. The van der Waals surface area contributed by atoms with Gasteiger partial charge in [-0.1, -0.05) is 18.2 Å². The molecule has 3 aromatic rings. The van der Waals surface area contributed by atoms with E-state index in [-0.39, 0.29) is 0 Å². The summed E-state index contributed by atoms with van der Waals surface area (Å²) in [6, 6.07) is 14.6. The van der Waals surface area contributed by atoms with Crippen molar-refractivity contribution in [2.24, 2.45) is 0 Å². The maximum atomic E-state index is 5.48. The fourth-order valence-corrected chi connectivity index (χ4v) is 3.72. The average Bonchev–Trinajstić information content (AvgIpc) is 3.30. The van der Waals surface area contributed by atoms with Gasteiger partial charge in [-0.3, -0.25) is 9.80 Å². The van der Waals surface area contributed by atoms with Gasteiger partial charge < -0.3 is 14.0 Å². The van der Waals surface area contributed by atoms with Crippen LogP contribution < -0.4 is 9.47 Å². The van der Waals surface area contributed by atoms with E-state index >= 15 is 0 Å². The van der Waals surface area contributed by atoms with Gasteiger partial charge in [-0.2, -0.15) is 0 Å². The maximum Gasteiger partial charge on any atom is 0.231 e. The van der Waals surface area contributed by atoms with Crippen LogP contribution in [0.25, 0.3) is 11.0 Å². The third-order valence-electron chi connectivity index (χ3n) is 5.19. The lowest BCUT2D eigenvalue weighted by molar-refractivity contribution is 0.104. The minimum atomic E-state index is 0.334. The molecule has 0 saturated carbocycles. The normalized spacial score (nSPS) is 17.8. The summed E-state index contributed by atoms with van der Waals surface area (Å²) in [4.78, 5) is 9.48. The standard InChI is InChI=1S/C20H22N4O2/c1-2-4-18-17(3-1)21-13-24(18)14-23-9-7-22(8-10-23)12-16-5-6-19-20(11-16)26-15-25-19/h1-6,11,13H,7-10,12,14-15H2. The van der Waals surface area contributed by atoms with E-state index in [4.69, 9.17) is 9.47 Å². The topological polar surface area (TPSA) is 42.8 Å². The van der Waals surface area contributed by atoms with Crippen LogP contribution in [-0.4, -0.2) is 52.3 Å². The summed E-state index contributed by atoms with van der Waals surface area (Å²) >= 11 is 0. The lowest BCUT2D eigenvalue weighted by atomic mass is 10.1. The van der Waals surface area contributed by atoms with Crippen LogP contribution in [0.2, 0.25) is 0 Å². The molecule has 0 radical (unpaired) electrons. The molecule has 1 fully saturated rings. The predicted octanol–water partition coefficient (Wildman–Crippen LogP) is 2.54. The van der Waals surface area contributed by atoms with E-state index in [1.807, 2.05) is 18.5 Å². The summed E-state index contributed by atoms with van der Waals surface area (Å²) in [6.07, 6.45) is 1.95. The van der Waals surface area contributed by atoms with Crippen LogP contribution in [0.5, 0.6) is 11.5 Å². The Bertz CT molecular complexity index is 915. The Morgan fingerprint density at radius 2 is 1.69 bits per heavy atom. The number of benzene rings is 2. The van der Waals surface area contributed by atoms with Crippen molar-refractivity contribution in [1.29, 1.82) is 0 Å². The number of imidazole rings is 1. The average molecular weight is 350 g/mol. The molecule has 0 unspecified atom stereocenters. The molecule has 6 nitrogen and oxygen atoms in total. The molecule has 0 aliphatic carbocycles. The smallest absolute Gasteiger partial charge is 0.231 e. The van der Waals surface area contributed by atoms with Crippen LogP contribution in [0.15, 0.2) is 48.8 Å². The molecule has 1 aromatic heterocycles. The van der Waals surface area contributed by atoms with Crippen molar-refractivity contribution in [1.82, 2.24) is 19.4 Å². The Labute approximate surface area is 152 Å². The molecular weight excluding hydrogens is 328 g/mol. The van der Waals surface area contributed by atoms with E-state index in [0.717, 1.165) is 56.4 Å². The SMILES string of the molecule is c1ccc2c(c1)ncn2CN1CCN(Cc2ccc3c(c2)OCO3)CC1. The van der Waals surface area contributed by atoms with Crippen molar-refractivity contribution in [3.8, 4) is 11.5 Å². The quantitative estimate of drug-likeness (QED) is 0.723. The van der Waals surface area contributed by atoms with E-state index < -0.39 is 0 Å². The summed E-state index contributed by atoms with van der Waals surface area (Å²) in [6.45, 7) is 6.47. The number of ether oxygens (including phenoxy) is 2. The Balaban J connectivity index is 1.18. The molecule has 0 spiro atoms. The van der Waals surface area contributed by atoms with Crippen molar-refractivity contribution in [2.45, 2.75) is 13.2 Å². The molecule has 134 valence electrons. The summed E-state index contributed by atoms with van der Waals surface area (Å²) in [5, 5.41) is 0. The number of fused-ring (bicyclic) bond motifs is 2. The monoisotopic (exact) mass is 350 g/mol. The van der Waals surface area contributed by atoms with Crippen molar-refractivity contribution in [3.63, 3.8) is 0 Å². The second-order valence-corrected chi connectivity index (χ2v) is 6.93. The molecule has 0 bridgehead atoms. The molecule has 1 saturated heterocycles. The highest BCUT2D eigenvalue weighted by molar-refractivity contribution is 5.74. The van der Waals surface area contributed by atoms with Gasteiger partial charge >= 0.3 is 0 Å². The highest BCUT2D eigenvalue weighted by Gasteiger charge is 2.19. The highest BCUT2D eigenvalue weighted by atomic mass is 16.7. The lowest BCUT2D eigenvalue weighted by Crippen LogP contribution is -2.46. The molecule has 2 aliphatic heterocycles. The fourth-order valence-electron chi connectivity index (χ4n) is 3.72. The minimum Gasteiger partial charge on any atom is -0.454 e. The zero-order valence-electron chi connectivity index (χ0n) is 14.7. The first-order valence-electron chi connectivity index (χ1n) is 9.08. The molecular formula is C20H22N4O2. The largest absolute Gasteiger partial charge is 0.454 e. The van der Waals surface area contributed by atoms with E-state index in [1.54, 1.807) is 0 Å². The Kier molecular flexibility index (Phi) is 3.99. The Morgan fingerprint density at radius 1 is 0.885 bits per heavy atom. The van der Waals surface area contributed by atoms with Gasteiger partial charge in [0.15, 0.2) is 11.5 Å². The van der Waals surface area contributed by atoms with Gasteiger partial charge in [-0.15, -0.1) is 0 Å². The predicted molar refractivity (Wildman–Crippen MR) is 99.1 cm³/mol. The number of hydrogen-bond donors (Lipinski definition) is 0. The van der Waals surface area contributed by atoms with Gasteiger partial charge in [0.1, 0.15) is 0 Å². The fraction of sp³-hybridized carbons (Fsp3) is 0.350. The number of piperazine rings is 1. The molecule has 5 rings (SSSR count). The van der Waals surface area contributed by atoms with Crippen molar-refractivity contribution < 1.29 is 9.47 Å². The van der Waals surface area contributed by atoms with Crippen LogP contribution in [0.3, 0.4) is 0 Å². The first-order valence-corrected chi connectivity index (χ1v) is 9.08. The van der Waals surface area contributed by atoms with Gasteiger partial charge in [0.2, 0.25) is 6.79 Å². The lowest BCUT2D eigenvalue weighted by Gasteiger charge is -2.34. The van der Waals surface area contributed by atoms with Crippen molar-refractivity contribution in [3.05, 3.63) is 54.4 Å². The van der Waals surface area contributed by atoms with Crippen LogP contribution in [0.4, 0.5) is 0 Å². The van der Waals surface area contributed by atoms with Crippen LogP contribution in [0.1, 0.15) is 5.56 Å². The molecule has 0 atom stereocenters. The second kappa shape index (κ2) is 6.63. The molecule has 3 heterocycles. The summed E-state index contributed by atoms with van der Waals surface area (Å²) in [5.41, 5.74) is 3.55. The third kappa shape index (κ3) is 3.02. The Hall–Kier alpha value is -2.57. The van der Waals surface area contributed by atoms with Gasteiger partial charge in [0.25, 0.3) is 0 Å². The number of hydrogen-bond acceptors (Lipinski definition) is 5. The number of aromatic nitrogens is 2. The van der Waals surface area contributed by atoms with E-state index in [2.05, 4.69) is 49.7 Å². The van der Waals surface area contributed by atoms with E-state index in [9.17, 15) is 0 Å². The zero-order chi connectivity index (χ0) is 17.3. The second-order valence-electron chi connectivity index (χ2n) is 6.93. The van der Waals surface area contributed by atoms with Gasteiger partial charge in [-0.05, 0) is 29.8 Å². The number of para-hydroxylation sites is 2. The van der Waals surface area contributed by atoms with E-state index in [0.29, 0.717) is 6.79 Å². The first-order chi connectivity index (χ1) is 12.8. The van der Waals surface area contributed by atoms with Gasteiger partial charge in [0, 0.05) is 32.7 Å². The maximum absolute atomic E-state index is 5.48. The minimum absolute atomic E-state index is 0.334. The molecule has 6 heteroatoms. The number of nitrogens with zero attached hydrogens (tertiary/aromatic N) is 4. The van der Waals surface area contributed by atoms with Crippen LogP contribution in [0, 0.1) is 0 Å². The summed E-state index contributed by atoms with van der Waals surface area (Å²) in [5.74, 6) is 1.72. The van der Waals surface area contributed by atoms with Crippen molar-refractivity contribution >= 4 is 11.0 Å². The van der Waals surface area contributed by atoms with Gasteiger partial charge in [0.05, 0.1) is 24.0 Å². The molecule has 0 N–H and O–H groups in total. The summed E-state index contributed by atoms with van der Waals surface area (Å²) < 4.78 is 13.1. The van der Waals surface area contributed by atoms with Gasteiger partial charge in [-0.25, -0.2) is 4.98 Å². The van der Waals surface area contributed by atoms with Crippen LogP contribution >= 0.6 is 0 Å². The molecule has 2 aliphatic rings. The summed E-state index contributed by atoms with van der Waals surface area (Å²) in [7, 11) is 0. The van der Waals surface area contributed by atoms with Crippen molar-refractivity contribution in [2.75, 3.05) is 33.0 Å². The Morgan fingerprint density at radius 3 is 2.62 bits per heavy atom. The zero-order valence-corrected chi connectivity index (χ0v) is 14.7. The molecule has 2 aromatic carbocycles. The first kappa shape index (κ1) is 15.7. The third-order valence-corrected chi connectivity index (χ3v) is 5.19. The van der Waals surface area contributed by atoms with E-state index in [1.165, 1.54) is 11.1 Å². The highest BCUT2D eigenvalue weighted by Crippen LogP contribution is 2.32. The van der Waals surface area contributed by atoms with Crippen LogP contribution in [-0.2, 0) is 13.2 Å². The number of rotatable bonds is 4. The molecule has 26 heavy (non-hydrogen) atoms.